The molecule has 0 aromatic rings. The van der Waals surface area contributed by atoms with Crippen LogP contribution >= 0.6 is 0 Å². The first-order chi connectivity index (χ1) is 8.01. The molecule has 0 saturated heterocycles. The maximum absolute atomic E-state index is 10.1. The standard InChI is InChI=1S/C6H14N2O2.C2H8N2.CHNO/c7-4-2-1-3-5(8)6(9)10;3-1-2-4;2-1-3/h5H,1-4,7-8H2,(H,9,10);1-4H2;2H/t5-;;/m0../s1. The number of hydrogen-bond acceptors (Lipinski definition) is 7. The molecule has 0 aliphatic heterocycles. The zero-order valence-electron chi connectivity index (χ0n) is 9.89. The van der Waals surface area contributed by atoms with Crippen molar-refractivity contribution in [2.45, 2.75) is 25.3 Å². The van der Waals surface area contributed by atoms with Gasteiger partial charge >= 0.3 is 5.97 Å². The molecule has 0 unspecified atom stereocenters. The summed E-state index contributed by atoms with van der Waals surface area (Å²) in [6.45, 7) is 1.80. The van der Waals surface area contributed by atoms with E-state index in [9.17, 15) is 4.79 Å². The van der Waals surface area contributed by atoms with Gasteiger partial charge in [0.25, 0.3) is 0 Å². The van der Waals surface area contributed by atoms with Gasteiger partial charge in [-0.05, 0) is 19.4 Å². The Morgan fingerprint density at radius 2 is 1.59 bits per heavy atom. The first kappa shape index (κ1) is 21.0. The number of carboxylic acids is 1. The van der Waals surface area contributed by atoms with Crippen LogP contribution < -0.4 is 22.9 Å². The second-order valence-electron chi connectivity index (χ2n) is 2.91. The van der Waals surface area contributed by atoms with Crippen molar-refractivity contribution in [3.8, 4) is 0 Å². The van der Waals surface area contributed by atoms with Crippen LogP contribution in [-0.2, 0) is 9.59 Å². The summed E-state index contributed by atoms with van der Waals surface area (Å²) in [6, 6.07) is -0.716. The Bertz CT molecular complexity index is 193. The molecular weight excluding hydrogens is 226 g/mol. The highest BCUT2D eigenvalue weighted by Gasteiger charge is 2.09. The molecule has 0 aliphatic rings. The van der Waals surface area contributed by atoms with Crippen LogP contribution in [0.2, 0.25) is 0 Å². The van der Waals surface area contributed by atoms with Gasteiger partial charge < -0.3 is 28.0 Å². The Kier molecular flexibility index (Phi) is 24.9. The predicted molar refractivity (Wildman–Crippen MR) is 65.0 cm³/mol. The average Bonchev–Trinajstić information content (AvgIpc) is 2.30. The molecule has 0 bridgehead atoms. The molecule has 0 saturated carbocycles. The summed E-state index contributed by atoms with van der Waals surface area (Å²) >= 11 is 0. The van der Waals surface area contributed by atoms with Crippen LogP contribution in [-0.4, -0.2) is 42.8 Å². The van der Waals surface area contributed by atoms with Crippen molar-refractivity contribution >= 4 is 12.0 Å². The number of nitrogens with two attached hydrogens (primary N) is 4. The van der Waals surface area contributed by atoms with Crippen LogP contribution in [0.1, 0.15) is 19.3 Å². The third kappa shape index (κ3) is 31.3. The minimum atomic E-state index is -0.933. The average molecular weight is 249 g/mol. The van der Waals surface area contributed by atoms with Crippen LogP contribution in [0.25, 0.3) is 0 Å². The lowest BCUT2D eigenvalue weighted by Crippen LogP contribution is -2.29. The lowest BCUT2D eigenvalue weighted by atomic mass is 10.1. The van der Waals surface area contributed by atoms with Gasteiger partial charge in [0.15, 0.2) is 0 Å². The van der Waals surface area contributed by atoms with Gasteiger partial charge in [-0.1, -0.05) is 6.42 Å². The summed E-state index contributed by atoms with van der Waals surface area (Å²) in [5.74, 6) is -0.933. The van der Waals surface area contributed by atoms with Crippen molar-refractivity contribution in [3.05, 3.63) is 0 Å². The normalized spacial score (nSPS) is 9.88. The third-order valence-electron chi connectivity index (χ3n) is 1.45. The smallest absolute Gasteiger partial charge is 0.320 e. The third-order valence-corrected chi connectivity index (χ3v) is 1.45. The Morgan fingerprint density at radius 3 is 1.82 bits per heavy atom. The Hall–Kier alpha value is -1.31. The van der Waals surface area contributed by atoms with Crippen LogP contribution in [0, 0.1) is 5.41 Å². The fourth-order valence-corrected chi connectivity index (χ4v) is 0.632. The summed E-state index contributed by atoms with van der Waals surface area (Å²) in [5, 5.41) is 13.7. The lowest BCUT2D eigenvalue weighted by Gasteiger charge is -2.03. The molecule has 0 radical (unpaired) electrons. The Labute approximate surface area is 101 Å². The molecule has 0 aromatic carbocycles. The van der Waals surface area contributed by atoms with Gasteiger partial charge in [0.05, 0.1) is 0 Å². The fraction of sp³-hybridized carbons (Fsp3) is 0.778. The highest BCUT2D eigenvalue weighted by molar-refractivity contribution is 5.72. The molecule has 17 heavy (non-hydrogen) atoms. The maximum atomic E-state index is 10.1. The fourth-order valence-electron chi connectivity index (χ4n) is 0.632. The molecular formula is C9H23N5O3. The van der Waals surface area contributed by atoms with Gasteiger partial charge in [-0.2, -0.15) is 0 Å². The van der Waals surface area contributed by atoms with Gasteiger partial charge in [-0.25, -0.2) is 10.2 Å². The first-order valence-electron chi connectivity index (χ1n) is 5.14. The second kappa shape index (κ2) is 20.1. The number of nitrogens with one attached hydrogen (secondary N) is 1. The molecule has 0 amide bonds. The number of hydrogen-bond donors (Lipinski definition) is 6. The minimum Gasteiger partial charge on any atom is -0.480 e. The second-order valence-corrected chi connectivity index (χ2v) is 2.91. The monoisotopic (exact) mass is 249 g/mol. The first-order valence-corrected chi connectivity index (χ1v) is 5.14. The van der Waals surface area contributed by atoms with E-state index in [4.69, 9.17) is 38.2 Å². The molecule has 10 N–H and O–H groups in total. The van der Waals surface area contributed by atoms with E-state index in [1.54, 1.807) is 0 Å². The van der Waals surface area contributed by atoms with E-state index in [-0.39, 0.29) is 0 Å². The van der Waals surface area contributed by atoms with Gasteiger partial charge in [0.1, 0.15) is 6.04 Å². The van der Waals surface area contributed by atoms with E-state index in [1.165, 1.54) is 0 Å². The quantitative estimate of drug-likeness (QED) is 0.185. The minimum absolute atomic E-state index is 0.520. The number of carbonyl (C=O) groups excluding carboxylic acids is 1. The molecule has 0 rings (SSSR count). The Balaban J connectivity index is -0.000000232. The van der Waals surface area contributed by atoms with Crippen LogP contribution in [0.5, 0.6) is 0 Å². The molecule has 1 atom stereocenters. The van der Waals surface area contributed by atoms with Crippen LogP contribution in [0.3, 0.4) is 0 Å². The van der Waals surface area contributed by atoms with Gasteiger partial charge in [0.2, 0.25) is 6.08 Å². The summed E-state index contributed by atoms with van der Waals surface area (Å²) < 4.78 is 0. The van der Waals surface area contributed by atoms with Crippen molar-refractivity contribution < 1.29 is 14.7 Å². The van der Waals surface area contributed by atoms with Crippen molar-refractivity contribution in [1.29, 1.82) is 5.41 Å². The van der Waals surface area contributed by atoms with Crippen molar-refractivity contribution in [1.82, 2.24) is 0 Å². The summed E-state index contributed by atoms with van der Waals surface area (Å²) in [4.78, 5) is 18.5. The van der Waals surface area contributed by atoms with E-state index in [1.807, 2.05) is 0 Å². The van der Waals surface area contributed by atoms with E-state index >= 15 is 0 Å². The number of carboxylic acid groups (broad SMARTS) is 1. The zero-order valence-corrected chi connectivity index (χ0v) is 9.89. The number of carbonyl (C=O) groups is 1. The molecule has 0 aliphatic carbocycles. The molecule has 0 aromatic heterocycles. The molecule has 0 heterocycles. The zero-order chi connectivity index (χ0) is 14.1. The SMILES string of the molecule is N=C=O.NCCCC[C@H](N)C(=O)O.NCCN. The lowest BCUT2D eigenvalue weighted by molar-refractivity contribution is -0.138. The maximum Gasteiger partial charge on any atom is 0.320 e. The van der Waals surface area contributed by atoms with Gasteiger partial charge in [-0.15, -0.1) is 0 Å². The Morgan fingerprint density at radius 1 is 1.18 bits per heavy atom. The van der Waals surface area contributed by atoms with E-state index in [2.05, 4.69) is 0 Å². The van der Waals surface area contributed by atoms with E-state index < -0.39 is 12.0 Å². The molecule has 8 nitrogen and oxygen atoms in total. The summed E-state index contributed by atoms with van der Waals surface area (Å²) in [7, 11) is 0. The largest absolute Gasteiger partial charge is 0.480 e. The number of rotatable bonds is 6. The van der Waals surface area contributed by atoms with Crippen LogP contribution in [0.15, 0.2) is 0 Å². The molecule has 102 valence electrons. The van der Waals surface area contributed by atoms with Crippen molar-refractivity contribution in [2.75, 3.05) is 19.6 Å². The van der Waals surface area contributed by atoms with Gasteiger partial charge in [-0.3, -0.25) is 4.79 Å². The van der Waals surface area contributed by atoms with E-state index in [0.29, 0.717) is 26.1 Å². The highest BCUT2D eigenvalue weighted by Crippen LogP contribution is 1.96. The topological polar surface area (TPSA) is 182 Å². The molecule has 8 heteroatoms. The highest BCUT2D eigenvalue weighted by atomic mass is 16.4. The number of unbranched alkanes of at least 4 members (excludes halogenated alkanes) is 1. The van der Waals surface area contributed by atoms with Gasteiger partial charge in [0, 0.05) is 13.1 Å². The van der Waals surface area contributed by atoms with Crippen LogP contribution in [0.4, 0.5) is 0 Å². The van der Waals surface area contributed by atoms with E-state index in [0.717, 1.165) is 18.9 Å². The number of isocyanates is 1. The molecule has 0 fully saturated rings. The number of aliphatic carboxylic acids is 1. The predicted octanol–water partition coefficient (Wildman–Crippen LogP) is -1.67. The summed E-state index contributed by atoms with van der Waals surface area (Å²) in [6.07, 6.45) is 2.91. The molecule has 0 spiro atoms. The van der Waals surface area contributed by atoms with Crippen molar-refractivity contribution in [3.63, 3.8) is 0 Å². The summed E-state index contributed by atoms with van der Waals surface area (Å²) in [5.41, 5.74) is 20.2. The van der Waals surface area contributed by atoms with Crippen molar-refractivity contribution in [2.24, 2.45) is 22.9 Å².